The van der Waals surface area contributed by atoms with Crippen LogP contribution in [0, 0.1) is 5.82 Å². The highest BCUT2D eigenvalue weighted by Gasteiger charge is 2.08. The molecule has 0 saturated carbocycles. The second kappa shape index (κ2) is 6.44. The molecule has 0 aliphatic carbocycles. The standard InChI is InChI=1S/C14H9Cl3FNO/c15-10-3-1-8(5-11(10)16)6-14(20)19-9-2-4-13(18)12(17)7-9/h1-5,7H,6H2,(H,19,20). The number of carbonyl (C=O) groups excluding carboxylic acids is 1. The summed E-state index contributed by atoms with van der Waals surface area (Å²) < 4.78 is 13.0. The lowest BCUT2D eigenvalue weighted by Crippen LogP contribution is -2.14. The Labute approximate surface area is 130 Å². The molecular weight excluding hydrogens is 324 g/mol. The molecule has 0 heterocycles. The van der Waals surface area contributed by atoms with E-state index in [0.717, 1.165) is 5.56 Å². The summed E-state index contributed by atoms with van der Waals surface area (Å²) in [5.41, 5.74) is 1.16. The molecule has 2 aromatic carbocycles. The van der Waals surface area contributed by atoms with Crippen LogP contribution in [-0.4, -0.2) is 5.91 Å². The minimum atomic E-state index is -0.533. The molecule has 2 rings (SSSR count). The smallest absolute Gasteiger partial charge is 0.228 e. The van der Waals surface area contributed by atoms with Crippen LogP contribution in [0.5, 0.6) is 0 Å². The Balaban J connectivity index is 2.04. The van der Waals surface area contributed by atoms with Crippen molar-refractivity contribution in [2.24, 2.45) is 0 Å². The minimum Gasteiger partial charge on any atom is -0.326 e. The van der Waals surface area contributed by atoms with Gasteiger partial charge in [0.25, 0.3) is 0 Å². The predicted octanol–water partition coefficient (Wildman–Crippen LogP) is 4.97. The van der Waals surface area contributed by atoms with E-state index in [1.807, 2.05) is 0 Å². The van der Waals surface area contributed by atoms with Crippen molar-refractivity contribution < 1.29 is 9.18 Å². The van der Waals surface area contributed by atoms with Crippen LogP contribution in [0.1, 0.15) is 5.56 Å². The molecule has 0 radical (unpaired) electrons. The first-order chi connectivity index (χ1) is 9.45. The monoisotopic (exact) mass is 331 g/mol. The van der Waals surface area contributed by atoms with Gasteiger partial charge in [0.1, 0.15) is 5.82 Å². The third-order valence-electron chi connectivity index (χ3n) is 2.55. The molecule has 0 aliphatic heterocycles. The lowest BCUT2D eigenvalue weighted by molar-refractivity contribution is -0.115. The van der Waals surface area contributed by atoms with Crippen molar-refractivity contribution in [1.82, 2.24) is 0 Å². The quantitative estimate of drug-likeness (QED) is 0.845. The average Bonchev–Trinajstić information content (AvgIpc) is 2.38. The van der Waals surface area contributed by atoms with E-state index in [9.17, 15) is 9.18 Å². The molecule has 0 saturated heterocycles. The maximum Gasteiger partial charge on any atom is 0.228 e. The number of rotatable bonds is 3. The van der Waals surface area contributed by atoms with Crippen molar-refractivity contribution >= 4 is 46.4 Å². The lowest BCUT2D eigenvalue weighted by atomic mass is 10.1. The van der Waals surface area contributed by atoms with Gasteiger partial charge in [0.15, 0.2) is 0 Å². The van der Waals surface area contributed by atoms with E-state index in [4.69, 9.17) is 34.8 Å². The van der Waals surface area contributed by atoms with Crippen LogP contribution >= 0.6 is 34.8 Å². The third kappa shape index (κ3) is 3.85. The van der Waals surface area contributed by atoms with Crippen LogP contribution in [0.2, 0.25) is 15.1 Å². The van der Waals surface area contributed by atoms with Crippen LogP contribution in [0.15, 0.2) is 36.4 Å². The number of carbonyl (C=O) groups is 1. The molecule has 1 N–H and O–H groups in total. The molecule has 0 fully saturated rings. The molecule has 6 heteroatoms. The molecule has 1 amide bonds. The summed E-state index contributed by atoms with van der Waals surface area (Å²) in [4.78, 5) is 11.9. The van der Waals surface area contributed by atoms with Gasteiger partial charge in [-0.1, -0.05) is 40.9 Å². The number of amides is 1. The summed E-state index contributed by atoms with van der Waals surface area (Å²) >= 11 is 17.3. The number of halogens is 4. The van der Waals surface area contributed by atoms with Gasteiger partial charge >= 0.3 is 0 Å². The van der Waals surface area contributed by atoms with Crippen molar-refractivity contribution in [3.05, 3.63) is 62.8 Å². The molecule has 20 heavy (non-hydrogen) atoms. The molecule has 0 atom stereocenters. The molecular formula is C14H9Cl3FNO. The first kappa shape index (κ1) is 15.1. The van der Waals surface area contributed by atoms with Crippen LogP contribution < -0.4 is 5.32 Å². The van der Waals surface area contributed by atoms with Gasteiger partial charge in [-0.15, -0.1) is 0 Å². The Morgan fingerprint density at radius 3 is 2.40 bits per heavy atom. The van der Waals surface area contributed by atoms with Gasteiger partial charge < -0.3 is 5.32 Å². The number of hydrogen-bond acceptors (Lipinski definition) is 1. The summed E-state index contributed by atoms with van der Waals surface area (Å²) in [6, 6.07) is 8.95. The van der Waals surface area contributed by atoms with Gasteiger partial charge in [-0.3, -0.25) is 4.79 Å². The highest BCUT2D eigenvalue weighted by Crippen LogP contribution is 2.23. The highest BCUT2D eigenvalue weighted by atomic mass is 35.5. The third-order valence-corrected chi connectivity index (χ3v) is 3.58. The SMILES string of the molecule is O=C(Cc1ccc(Cl)c(Cl)c1)Nc1ccc(F)c(Cl)c1. The number of anilines is 1. The fraction of sp³-hybridized carbons (Fsp3) is 0.0714. The zero-order valence-electron chi connectivity index (χ0n) is 10.1. The second-order valence-corrected chi connectivity index (χ2v) is 5.32. The van der Waals surface area contributed by atoms with E-state index in [1.54, 1.807) is 18.2 Å². The summed E-state index contributed by atoms with van der Waals surface area (Å²) in [7, 11) is 0. The summed E-state index contributed by atoms with van der Waals surface area (Å²) in [6.45, 7) is 0. The van der Waals surface area contributed by atoms with Crippen LogP contribution in [0.3, 0.4) is 0 Å². The first-order valence-corrected chi connectivity index (χ1v) is 6.78. The molecule has 2 nitrogen and oxygen atoms in total. The van der Waals surface area contributed by atoms with Gasteiger partial charge in [0.05, 0.1) is 21.5 Å². The number of benzene rings is 2. The zero-order chi connectivity index (χ0) is 14.7. The predicted molar refractivity (Wildman–Crippen MR) is 80.2 cm³/mol. The summed E-state index contributed by atoms with van der Waals surface area (Å²) in [5.74, 6) is -0.791. The maximum absolute atomic E-state index is 13.0. The number of hydrogen-bond donors (Lipinski definition) is 1. The van der Waals surface area contributed by atoms with Crippen LogP contribution in [0.4, 0.5) is 10.1 Å². The van der Waals surface area contributed by atoms with E-state index in [0.29, 0.717) is 15.7 Å². The van der Waals surface area contributed by atoms with E-state index in [1.165, 1.54) is 18.2 Å². The first-order valence-electron chi connectivity index (χ1n) is 5.64. The van der Waals surface area contributed by atoms with Gasteiger partial charge in [-0.05, 0) is 35.9 Å². The lowest BCUT2D eigenvalue weighted by Gasteiger charge is -2.07. The van der Waals surface area contributed by atoms with E-state index in [2.05, 4.69) is 5.32 Å². The van der Waals surface area contributed by atoms with Crippen molar-refractivity contribution in [2.75, 3.05) is 5.32 Å². The van der Waals surface area contributed by atoms with Gasteiger partial charge in [0, 0.05) is 5.69 Å². The van der Waals surface area contributed by atoms with Crippen LogP contribution in [-0.2, 0) is 11.2 Å². The van der Waals surface area contributed by atoms with Crippen molar-refractivity contribution in [3.63, 3.8) is 0 Å². The molecule has 0 spiro atoms. The fourth-order valence-corrected chi connectivity index (χ4v) is 2.12. The molecule has 0 aromatic heterocycles. The largest absolute Gasteiger partial charge is 0.326 e. The Hall–Kier alpha value is -1.29. The Kier molecular flexibility index (Phi) is 4.86. The van der Waals surface area contributed by atoms with E-state index in [-0.39, 0.29) is 17.4 Å². The molecule has 0 unspecified atom stereocenters. The van der Waals surface area contributed by atoms with E-state index >= 15 is 0 Å². The maximum atomic E-state index is 13.0. The Morgan fingerprint density at radius 1 is 1.00 bits per heavy atom. The molecule has 0 aliphatic rings. The van der Waals surface area contributed by atoms with Gasteiger partial charge in [0.2, 0.25) is 5.91 Å². The average molecular weight is 333 g/mol. The van der Waals surface area contributed by atoms with Gasteiger partial charge in [-0.2, -0.15) is 0 Å². The van der Waals surface area contributed by atoms with Gasteiger partial charge in [-0.25, -0.2) is 4.39 Å². The summed E-state index contributed by atoms with van der Waals surface area (Å²) in [6.07, 6.45) is 0.131. The summed E-state index contributed by atoms with van der Waals surface area (Å²) in [5, 5.41) is 3.40. The van der Waals surface area contributed by atoms with E-state index < -0.39 is 5.82 Å². The van der Waals surface area contributed by atoms with Crippen molar-refractivity contribution in [3.8, 4) is 0 Å². The molecule has 2 aromatic rings. The van der Waals surface area contributed by atoms with Crippen LogP contribution in [0.25, 0.3) is 0 Å². The fourth-order valence-electron chi connectivity index (χ4n) is 1.61. The highest BCUT2D eigenvalue weighted by molar-refractivity contribution is 6.42. The molecule has 104 valence electrons. The van der Waals surface area contributed by atoms with Crippen molar-refractivity contribution in [1.29, 1.82) is 0 Å². The normalized spacial score (nSPS) is 10.4. The zero-order valence-corrected chi connectivity index (χ0v) is 12.4. The Morgan fingerprint density at radius 2 is 1.75 bits per heavy atom. The molecule has 0 bridgehead atoms. The van der Waals surface area contributed by atoms with Crippen molar-refractivity contribution in [2.45, 2.75) is 6.42 Å². The minimum absolute atomic E-state index is 0.0441. The number of nitrogens with one attached hydrogen (secondary N) is 1. The topological polar surface area (TPSA) is 29.1 Å². The Bertz CT molecular complexity index is 605. The second-order valence-electron chi connectivity index (χ2n) is 4.10.